The Kier molecular flexibility index (Phi) is 4.49. The van der Waals surface area contributed by atoms with Crippen molar-refractivity contribution in [3.05, 3.63) is 83.4 Å². The molecule has 3 aromatic rings. The molecule has 0 saturated carbocycles. The van der Waals surface area contributed by atoms with E-state index in [4.69, 9.17) is 4.52 Å². The molecular weight excluding hydrogens is 367 g/mol. The van der Waals surface area contributed by atoms with Crippen LogP contribution in [0.2, 0.25) is 0 Å². The van der Waals surface area contributed by atoms with E-state index >= 15 is 0 Å². The Balaban J connectivity index is 2.03. The summed E-state index contributed by atoms with van der Waals surface area (Å²) in [5, 5.41) is 0.433. The van der Waals surface area contributed by atoms with Gasteiger partial charge in [-0.1, -0.05) is 82.3 Å². The molecule has 1 aliphatic heterocycles. The average molecular weight is 392 g/mol. The van der Waals surface area contributed by atoms with Crippen molar-refractivity contribution in [3.8, 4) is 16.9 Å². The first-order valence-corrected chi connectivity index (χ1v) is 11.1. The highest BCUT2D eigenvalue weighted by atomic mass is 31.2. The van der Waals surface area contributed by atoms with Crippen molar-refractivity contribution >= 4 is 12.9 Å². The van der Waals surface area contributed by atoms with E-state index in [0.717, 1.165) is 22.3 Å². The molecule has 144 valence electrons. The van der Waals surface area contributed by atoms with E-state index in [0.29, 0.717) is 11.1 Å². The van der Waals surface area contributed by atoms with Crippen molar-refractivity contribution in [2.24, 2.45) is 0 Å². The average Bonchev–Trinajstić information content (AvgIpc) is 2.66. The second kappa shape index (κ2) is 6.62. The van der Waals surface area contributed by atoms with E-state index in [1.165, 1.54) is 5.56 Å². The molecule has 0 radical (unpaired) electrons. The van der Waals surface area contributed by atoms with E-state index in [1.54, 1.807) is 6.07 Å². The fourth-order valence-corrected chi connectivity index (χ4v) is 5.58. The van der Waals surface area contributed by atoms with E-state index in [2.05, 4.69) is 52.0 Å². The van der Waals surface area contributed by atoms with Gasteiger partial charge in [0.25, 0.3) is 0 Å². The maximum absolute atomic E-state index is 13.2. The molecular formula is C24H25O3P. The van der Waals surface area contributed by atoms with Gasteiger partial charge in [0.2, 0.25) is 0 Å². The third kappa shape index (κ3) is 3.19. The Morgan fingerprint density at radius 3 is 2.21 bits per heavy atom. The van der Waals surface area contributed by atoms with E-state index in [-0.39, 0.29) is 11.3 Å². The smallest absolute Gasteiger partial charge is 0.409 e. The van der Waals surface area contributed by atoms with Crippen LogP contribution in [-0.2, 0) is 9.98 Å². The summed E-state index contributed by atoms with van der Waals surface area (Å²) in [5.41, 5.74) is 4.58. The lowest BCUT2D eigenvalue weighted by Crippen LogP contribution is -2.29. The molecule has 2 atom stereocenters. The minimum atomic E-state index is -3.97. The van der Waals surface area contributed by atoms with Gasteiger partial charge in [0.1, 0.15) is 5.75 Å². The maximum Gasteiger partial charge on any atom is 0.409 e. The number of para-hydroxylation sites is 1. The standard InChI is InChI=1S/C24H25O3P/c1-16(17-10-6-5-7-11-17)18-14-20-19-12-8-9-13-22(19)27-28(25,26)23(20)21(15-18)24(2,3)4/h5-16H,1-4H3,(H,25,26). The Morgan fingerprint density at radius 1 is 0.893 bits per heavy atom. The zero-order valence-corrected chi connectivity index (χ0v) is 17.5. The van der Waals surface area contributed by atoms with Crippen LogP contribution < -0.4 is 9.83 Å². The van der Waals surface area contributed by atoms with Gasteiger partial charge in [-0.05, 0) is 34.2 Å². The van der Waals surface area contributed by atoms with Crippen molar-refractivity contribution in [1.82, 2.24) is 0 Å². The maximum atomic E-state index is 13.2. The summed E-state index contributed by atoms with van der Waals surface area (Å²) < 4.78 is 18.7. The van der Waals surface area contributed by atoms with Crippen molar-refractivity contribution < 1.29 is 14.0 Å². The minimum Gasteiger partial charge on any atom is -0.421 e. The predicted octanol–water partition coefficient (Wildman–Crippen LogP) is 6.01. The van der Waals surface area contributed by atoms with Crippen LogP contribution in [0.3, 0.4) is 0 Å². The number of rotatable bonds is 2. The monoisotopic (exact) mass is 392 g/mol. The van der Waals surface area contributed by atoms with Crippen LogP contribution in [-0.4, -0.2) is 4.89 Å². The van der Waals surface area contributed by atoms with Crippen LogP contribution in [0.25, 0.3) is 11.1 Å². The Labute approximate surface area is 166 Å². The molecule has 0 spiro atoms. The molecule has 0 aliphatic carbocycles. The van der Waals surface area contributed by atoms with E-state index in [1.807, 2.05) is 36.4 Å². The highest BCUT2D eigenvalue weighted by molar-refractivity contribution is 7.62. The van der Waals surface area contributed by atoms with Crippen molar-refractivity contribution in [2.45, 2.75) is 39.0 Å². The van der Waals surface area contributed by atoms with Crippen LogP contribution in [0, 0.1) is 0 Å². The van der Waals surface area contributed by atoms with Gasteiger partial charge in [-0.3, -0.25) is 0 Å². The molecule has 2 unspecified atom stereocenters. The zero-order valence-electron chi connectivity index (χ0n) is 16.6. The lowest BCUT2D eigenvalue weighted by molar-refractivity contribution is 0.391. The van der Waals surface area contributed by atoms with Gasteiger partial charge in [-0.2, -0.15) is 0 Å². The van der Waals surface area contributed by atoms with E-state index < -0.39 is 7.60 Å². The molecule has 3 aromatic carbocycles. The molecule has 0 saturated heterocycles. The number of hydrogen-bond donors (Lipinski definition) is 1. The van der Waals surface area contributed by atoms with Gasteiger partial charge >= 0.3 is 7.60 Å². The van der Waals surface area contributed by atoms with Gasteiger partial charge in [-0.15, -0.1) is 0 Å². The highest BCUT2D eigenvalue weighted by Crippen LogP contribution is 2.54. The second-order valence-corrected chi connectivity index (χ2v) is 10.1. The molecule has 0 bridgehead atoms. The van der Waals surface area contributed by atoms with Crippen LogP contribution in [0.4, 0.5) is 0 Å². The van der Waals surface area contributed by atoms with Gasteiger partial charge in [-0.25, -0.2) is 4.57 Å². The molecule has 0 aromatic heterocycles. The van der Waals surface area contributed by atoms with Crippen molar-refractivity contribution in [1.29, 1.82) is 0 Å². The lowest BCUT2D eigenvalue weighted by Gasteiger charge is -2.32. The van der Waals surface area contributed by atoms with Crippen LogP contribution in [0.1, 0.15) is 50.3 Å². The SMILES string of the molecule is CC(c1ccccc1)c1cc2c(c(C(C)(C)C)c1)P(=O)(O)Oc1ccccc1-2. The largest absolute Gasteiger partial charge is 0.421 e. The first kappa shape index (κ1) is 19.0. The Hall–Kier alpha value is -2.35. The highest BCUT2D eigenvalue weighted by Gasteiger charge is 2.40. The number of hydrogen-bond acceptors (Lipinski definition) is 2. The fraction of sp³-hybridized carbons (Fsp3) is 0.250. The van der Waals surface area contributed by atoms with Crippen LogP contribution >= 0.6 is 7.60 Å². The first-order chi connectivity index (χ1) is 13.2. The number of benzene rings is 3. The molecule has 0 amide bonds. The summed E-state index contributed by atoms with van der Waals surface area (Å²) in [6, 6.07) is 21.9. The molecule has 4 rings (SSSR count). The number of fused-ring (bicyclic) bond motifs is 3. The summed E-state index contributed by atoms with van der Waals surface area (Å²) in [6.45, 7) is 8.38. The first-order valence-electron chi connectivity index (χ1n) is 9.54. The van der Waals surface area contributed by atoms with Crippen molar-refractivity contribution in [2.75, 3.05) is 0 Å². The third-order valence-electron chi connectivity index (χ3n) is 5.42. The Bertz CT molecular complexity index is 1080. The van der Waals surface area contributed by atoms with E-state index in [9.17, 15) is 9.46 Å². The molecule has 3 nitrogen and oxygen atoms in total. The topological polar surface area (TPSA) is 46.5 Å². The van der Waals surface area contributed by atoms with Crippen LogP contribution in [0.5, 0.6) is 5.75 Å². The molecule has 0 fully saturated rings. The summed E-state index contributed by atoms with van der Waals surface area (Å²) in [5.74, 6) is 0.630. The lowest BCUT2D eigenvalue weighted by atomic mass is 9.81. The molecule has 1 aliphatic rings. The predicted molar refractivity (Wildman–Crippen MR) is 115 cm³/mol. The summed E-state index contributed by atoms with van der Waals surface area (Å²) in [6.07, 6.45) is 0. The molecule has 1 N–H and O–H groups in total. The molecule has 4 heteroatoms. The third-order valence-corrected chi connectivity index (χ3v) is 6.91. The van der Waals surface area contributed by atoms with Crippen LogP contribution in [0.15, 0.2) is 66.7 Å². The normalized spacial score (nSPS) is 19.3. The Morgan fingerprint density at radius 2 is 1.54 bits per heavy atom. The van der Waals surface area contributed by atoms with Gasteiger partial charge in [0.05, 0.1) is 5.30 Å². The molecule has 1 heterocycles. The quantitative estimate of drug-likeness (QED) is 0.544. The fourth-order valence-electron chi connectivity index (χ4n) is 3.87. The summed E-state index contributed by atoms with van der Waals surface area (Å²) in [4.78, 5) is 10.8. The zero-order chi connectivity index (χ0) is 20.1. The van der Waals surface area contributed by atoms with Gasteiger partial charge in [0.15, 0.2) is 0 Å². The molecule has 28 heavy (non-hydrogen) atoms. The summed E-state index contributed by atoms with van der Waals surface area (Å²) in [7, 11) is -3.97. The minimum absolute atomic E-state index is 0.167. The van der Waals surface area contributed by atoms with Crippen molar-refractivity contribution in [3.63, 3.8) is 0 Å². The van der Waals surface area contributed by atoms with Gasteiger partial charge in [0, 0.05) is 17.0 Å². The summed E-state index contributed by atoms with van der Waals surface area (Å²) >= 11 is 0. The second-order valence-electron chi connectivity index (χ2n) is 8.45. The van der Waals surface area contributed by atoms with Gasteiger partial charge < -0.3 is 9.42 Å².